The molecule has 1 N–H and O–H groups in total. The number of nitrogens with one attached hydrogen (secondary N) is 1. The molecule has 42 heavy (non-hydrogen) atoms. The van der Waals surface area contributed by atoms with Crippen LogP contribution < -0.4 is 14.8 Å². The van der Waals surface area contributed by atoms with Gasteiger partial charge in [-0.3, -0.25) is 9.69 Å². The van der Waals surface area contributed by atoms with E-state index in [1.807, 2.05) is 0 Å². The third kappa shape index (κ3) is 6.44. The summed E-state index contributed by atoms with van der Waals surface area (Å²) in [6.45, 7) is 6.97. The van der Waals surface area contributed by atoms with Crippen molar-refractivity contribution < 1.29 is 36.2 Å². The number of rotatable bonds is 8. The predicted molar refractivity (Wildman–Crippen MR) is 143 cm³/mol. The number of alkyl halides is 3. The predicted octanol–water partition coefficient (Wildman–Crippen LogP) is 5.01. The van der Waals surface area contributed by atoms with Gasteiger partial charge in [0, 0.05) is 50.0 Å². The van der Waals surface area contributed by atoms with Crippen LogP contribution in [0.5, 0.6) is 17.4 Å². The number of aromatic nitrogens is 3. The molecular weight excluding hydrogens is 563 g/mol. The fraction of sp³-hybridized carbons (Fsp3) is 0.321. The van der Waals surface area contributed by atoms with Crippen molar-refractivity contribution in [2.75, 3.05) is 51.7 Å². The lowest BCUT2D eigenvalue weighted by Gasteiger charge is -2.32. The summed E-state index contributed by atoms with van der Waals surface area (Å²) < 4.78 is 81.5. The van der Waals surface area contributed by atoms with Crippen molar-refractivity contribution in [2.24, 2.45) is 0 Å². The van der Waals surface area contributed by atoms with Crippen LogP contribution in [0.4, 0.5) is 27.6 Å². The second kappa shape index (κ2) is 11.9. The van der Waals surface area contributed by atoms with Crippen molar-refractivity contribution in [3.8, 4) is 17.4 Å². The number of nitrogens with zero attached hydrogens (tertiary/aromatic N) is 5. The first-order valence-electron chi connectivity index (χ1n) is 13.0. The summed E-state index contributed by atoms with van der Waals surface area (Å²) >= 11 is 0. The lowest BCUT2D eigenvalue weighted by atomic mass is 10.1. The van der Waals surface area contributed by atoms with Crippen molar-refractivity contribution in [1.29, 1.82) is 0 Å². The molecule has 2 aromatic carbocycles. The zero-order chi connectivity index (χ0) is 30.0. The quantitative estimate of drug-likeness (QED) is 0.289. The largest absolute Gasteiger partial charge is 0.490 e. The number of halogens is 5. The van der Waals surface area contributed by atoms with E-state index in [-0.39, 0.29) is 23.4 Å². The van der Waals surface area contributed by atoms with Gasteiger partial charge >= 0.3 is 6.18 Å². The van der Waals surface area contributed by atoms with Gasteiger partial charge in [-0.25, -0.2) is 13.3 Å². The highest BCUT2D eigenvalue weighted by atomic mass is 19.4. The number of piperazine rings is 1. The van der Waals surface area contributed by atoms with E-state index < -0.39 is 34.8 Å². The molecule has 0 aliphatic carbocycles. The molecule has 0 atom stereocenters. The summed E-state index contributed by atoms with van der Waals surface area (Å²) in [4.78, 5) is 21.2. The zero-order valence-corrected chi connectivity index (χ0v) is 22.7. The van der Waals surface area contributed by atoms with E-state index >= 15 is 0 Å². The first-order valence-corrected chi connectivity index (χ1v) is 13.0. The van der Waals surface area contributed by atoms with E-state index in [0.717, 1.165) is 44.9 Å². The number of ether oxygens (including phenoxy) is 2. The minimum atomic E-state index is -4.97. The van der Waals surface area contributed by atoms with Crippen molar-refractivity contribution in [1.82, 2.24) is 24.4 Å². The van der Waals surface area contributed by atoms with Crippen LogP contribution in [0.1, 0.15) is 21.5 Å². The second-order valence-corrected chi connectivity index (χ2v) is 9.86. The smallest absolute Gasteiger partial charge is 0.417 e. The van der Waals surface area contributed by atoms with E-state index in [4.69, 9.17) is 9.47 Å². The molecule has 0 spiro atoms. The molecule has 5 rings (SSSR count). The fourth-order valence-electron chi connectivity index (χ4n) is 4.59. The molecule has 3 heterocycles. The van der Waals surface area contributed by atoms with Gasteiger partial charge in [0.1, 0.15) is 30.0 Å². The lowest BCUT2D eigenvalue weighted by molar-refractivity contribution is -0.138. The topological polar surface area (TPSA) is 84.2 Å². The molecule has 1 amide bonds. The average molecular weight is 591 g/mol. The van der Waals surface area contributed by atoms with Gasteiger partial charge in [-0.1, -0.05) is 0 Å². The van der Waals surface area contributed by atoms with Crippen molar-refractivity contribution >= 4 is 17.1 Å². The summed E-state index contributed by atoms with van der Waals surface area (Å²) in [6, 6.07) is 5.01. The van der Waals surface area contributed by atoms with Crippen LogP contribution >= 0.6 is 0 Å². The molecule has 222 valence electrons. The molecule has 9 nitrogen and oxygen atoms in total. The maximum absolute atomic E-state index is 15.0. The number of hydrogen-bond acceptors (Lipinski definition) is 7. The van der Waals surface area contributed by atoms with E-state index in [2.05, 4.69) is 32.2 Å². The molecule has 0 unspecified atom stereocenters. The Hall–Kier alpha value is -4.30. The number of hydrogen-bond donors (Lipinski definition) is 1. The van der Waals surface area contributed by atoms with Gasteiger partial charge in [0.15, 0.2) is 11.6 Å². The van der Waals surface area contributed by atoms with Gasteiger partial charge in [-0.05, 0) is 44.3 Å². The summed E-state index contributed by atoms with van der Waals surface area (Å²) in [7, 11) is 2.09. The number of anilines is 1. The van der Waals surface area contributed by atoms with Crippen LogP contribution in [0, 0.1) is 18.6 Å². The molecule has 0 bridgehead atoms. The molecule has 4 aromatic rings. The van der Waals surface area contributed by atoms with Crippen LogP contribution in [0.2, 0.25) is 0 Å². The lowest BCUT2D eigenvalue weighted by Crippen LogP contribution is -2.45. The number of carbonyl (C=O) groups is 1. The van der Waals surface area contributed by atoms with E-state index in [9.17, 15) is 26.7 Å². The minimum Gasteiger partial charge on any atom is -0.490 e. The Kier molecular flexibility index (Phi) is 8.27. The standard InChI is InChI=1S/C28H27F5N6O3/c1-17-24(41-12-11-38-9-7-37(2)8-10-38)15-39-25(17)27(34-16-35-39)42-23-6-4-19(14-22(23)30)36-26(40)20-5-3-18(29)13-21(20)28(31,32)33/h3-6,13-16H,7-12H2,1-2H3,(H,36,40). The Morgan fingerprint density at radius 3 is 2.52 bits per heavy atom. The molecule has 0 saturated carbocycles. The third-order valence-electron chi connectivity index (χ3n) is 6.94. The maximum atomic E-state index is 15.0. The zero-order valence-electron chi connectivity index (χ0n) is 22.7. The normalized spacial score (nSPS) is 14.7. The summed E-state index contributed by atoms with van der Waals surface area (Å²) in [5.41, 5.74) is -1.24. The average Bonchev–Trinajstić information content (AvgIpc) is 3.26. The van der Waals surface area contributed by atoms with Crippen LogP contribution in [0.25, 0.3) is 5.52 Å². The Labute approximate surface area is 237 Å². The first kappa shape index (κ1) is 29.2. The number of carbonyl (C=O) groups excluding carboxylic acids is 1. The Balaban J connectivity index is 1.29. The second-order valence-electron chi connectivity index (χ2n) is 9.86. The number of benzene rings is 2. The van der Waals surface area contributed by atoms with Gasteiger partial charge in [0.2, 0.25) is 5.88 Å². The summed E-state index contributed by atoms with van der Waals surface area (Å²) in [5.74, 6) is -2.86. The van der Waals surface area contributed by atoms with Gasteiger partial charge in [0.05, 0.1) is 17.3 Å². The molecule has 2 aromatic heterocycles. The third-order valence-corrected chi connectivity index (χ3v) is 6.94. The Bertz CT molecular complexity index is 1600. The van der Waals surface area contributed by atoms with Gasteiger partial charge in [0.25, 0.3) is 5.91 Å². The molecule has 0 radical (unpaired) electrons. The van der Waals surface area contributed by atoms with Crippen LogP contribution in [0.15, 0.2) is 48.9 Å². The van der Waals surface area contributed by atoms with Gasteiger partial charge in [-0.15, -0.1) is 0 Å². The fourth-order valence-corrected chi connectivity index (χ4v) is 4.59. The van der Waals surface area contributed by atoms with Crippen LogP contribution in [-0.2, 0) is 6.18 Å². The highest BCUT2D eigenvalue weighted by Crippen LogP contribution is 2.35. The van der Waals surface area contributed by atoms with Crippen LogP contribution in [-0.4, -0.2) is 76.7 Å². The monoisotopic (exact) mass is 590 g/mol. The molecular formula is C28H27F5N6O3. The number of amides is 1. The maximum Gasteiger partial charge on any atom is 0.417 e. The Morgan fingerprint density at radius 2 is 1.81 bits per heavy atom. The van der Waals surface area contributed by atoms with Crippen molar-refractivity contribution in [2.45, 2.75) is 13.1 Å². The van der Waals surface area contributed by atoms with Crippen LogP contribution in [0.3, 0.4) is 0 Å². The van der Waals surface area contributed by atoms with E-state index in [1.165, 1.54) is 23.0 Å². The highest BCUT2D eigenvalue weighted by Gasteiger charge is 2.35. The molecule has 14 heteroatoms. The van der Waals surface area contributed by atoms with Crippen molar-refractivity contribution in [3.05, 3.63) is 77.2 Å². The van der Waals surface area contributed by atoms with Crippen molar-refractivity contribution in [3.63, 3.8) is 0 Å². The Morgan fingerprint density at radius 1 is 1.05 bits per heavy atom. The summed E-state index contributed by atoms with van der Waals surface area (Å²) in [6.07, 6.45) is -2.04. The molecule has 1 aliphatic heterocycles. The highest BCUT2D eigenvalue weighted by molar-refractivity contribution is 6.05. The molecule has 1 saturated heterocycles. The number of likely N-dealkylation sites (N-methyl/N-ethyl adjacent to an activating group) is 1. The van der Waals surface area contributed by atoms with Gasteiger partial charge in [-0.2, -0.15) is 23.3 Å². The van der Waals surface area contributed by atoms with E-state index in [0.29, 0.717) is 29.5 Å². The summed E-state index contributed by atoms with van der Waals surface area (Å²) in [5, 5.41) is 6.38. The first-order chi connectivity index (χ1) is 20.0. The van der Waals surface area contributed by atoms with E-state index in [1.54, 1.807) is 13.1 Å². The molecule has 1 fully saturated rings. The minimum absolute atomic E-state index is 0.0493. The number of fused-ring (bicyclic) bond motifs is 1. The SMILES string of the molecule is Cc1c(OCCN2CCN(C)CC2)cn2ncnc(Oc3ccc(NC(=O)c4ccc(F)cc4C(F)(F)F)cc3F)c12. The number of aryl methyl sites for hydroxylation is 1. The molecule has 1 aliphatic rings. The van der Waals surface area contributed by atoms with Gasteiger partial charge < -0.3 is 19.7 Å².